The van der Waals surface area contributed by atoms with Gasteiger partial charge < -0.3 is 0 Å². The molecule has 0 spiro atoms. The Morgan fingerprint density at radius 2 is 2.10 bits per heavy atom. The average Bonchev–Trinajstić information content (AvgIpc) is 2.47. The van der Waals surface area contributed by atoms with Gasteiger partial charge in [-0.05, 0) is 44.2 Å². The first-order valence-corrected chi connectivity index (χ1v) is 6.78. The van der Waals surface area contributed by atoms with Crippen LogP contribution in [0.2, 0.25) is 0 Å². The summed E-state index contributed by atoms with van der Waals surface area (Å²) in [6.07, 6.45) is 3.68. The van der Waals surface area contributed by atoms with E-state index in [-0.39, 0.29) is 11.8 Å². The summed E-state index contributed by atoms with van der Waals surface area (Å²) >= 11 is 0. The van der Waals surface area contributed by atoms with Crippen molar-refractivity contribution >= 4 is 5.78 Å². The van der Waals surface area contributed by atoms with Gasteiger partial charge in [0, 0.05) is 30.5 Å². The normalized spacial score (nSPS) is 12.4. The third-order valence-corrected chi connectivity index (χ3v) is 3.59. The second kappa shape index (κ2) is 6.44. The Labute approximate surface area is 120 Å². The smallest absolute Gasteiger partial charge is 0.159 e. The number of ketones is 1. The van der Waals surface area contributed by atoms with E-state index in [1.54, 1.807) is 13.1 Å². The van der Waals surface area contributed by atoms with Crippen LogP contribution in [0.4, 0.5) is 0 Å². The van der Waals surface area contributed by atoms with Crippen molar-refractivity contribution in [3.8, 4) is 0 Å². The Kier molecular flexibility index (Phi) is 4.64. The molecular formula is C17H20N2O. The minimum atomic E-state index is 0.106. The molecule has 0 saturated carbocycles. The monoisotopic (exact) mass is 268 g/mol. The van der Waals surface area contributed by atoms with Gasteiger partial charge in [0.25, 0.3) is 0 Å². The average molecular weight is 268 g/mol. The maximum absolute atomic E-state index is 11.4. The Morgan fingerprint density at radius 3 is 2.75 bits per heavy atom. The zero-order valence-corrected chi connectivity index (χ0v) is 12.2. The maximum Gasteiger partial charge on any atom is 0.159 e. The standard InChI is InChI=1S/C17H20N2O/c1-13(17-8-5-9-18-11-17)19(3)12-15-6-4-7-16(10-15)14(2)20/h4-11,13H,12H2,1-3H3/t13-/m1/s1. The molecule has 3 nitrogen and oxygen atoms in total. The lowest BCUT2D eigenvalue weighted by molar-refractivity contribution is 0.101. The van der Waals surface area contributed by atoms with E-state index in [0.717, 1.165) is 17.7 Å². The van der Waals surface area contributed by atoms with Crippen LogP contribution in [-0.2, 0) is 6.54 Å². The number of carbonyl (C=O) groups excluding carboxylic acids is 1. The van der Waals surface area contributed by atoms with E-state index >= 15 is 0 Å². The van der Waals surface area contributed by atoms with Crippen LogP contribution in [0.25, 0.3) is 0 Å². The minimum Gasteiger partial charge on any atom is -0.295 e. The van der Waals surface area contributed by atoms with Gasteiger partial charge in [0.05, 0.1) is 0 Å². The van der Waals surface area contributed by atoms with E-state index in [2.05, 4.69) is 36.0 Å². The van der Waals surface area contributed by atoms with E-state index in [1.165, 1.54) is 5.56 Å². The van der Waals surface area contributed by atoms with Crippen molar-refractivity contribution in [3.05, 3.63) is 65.5 Å². The molecule has 104 valence electrons. The number of rotatable bonds is 5. The number of aromatic nitrogens is 1. The lowest BCUT2D eigenvalue weighted by atomic mass is 10.1. The number of Topliss-reactive ketones (excluding diaryl/α,β-unsaturated/α-hetero) is 1. The first-order valence-electron chi connectivity index (χ1n) is 6.78. The Morgan fingerprint density at radius 1 is 1.30 bits per heavy atom. The molecule has 2 rings (SSSR count). The Bertz CT molecular complexity index is 581. The summed E-state index contributed by atoms with van der Waals surface area (Å²) < 4.78 is 0. The SMILES string of the molecule is CC(=O)c1cccc(CN(C)[C@H](C)c2cccnc2)c1. The predicted molar refractivity (Wildman–Crippen MR) is 80.6 cm³/mol. The van der Waals surface area contributed by atoms with E-state index in [0.29, 0.717) is 0 Å². The van der Waals surface area contributed by atoms with Gasteiger partial charge in [0.2, 0.25) is 0 Å². The molecule has 1 atom stereocenters. The van der Waals surface area contributed by atoms with Crippen LogP contribution in [-0.4, -0.2) is 22.7 Å². The summed E-state index contributed by atoms with van der Waals surface area (Å²) in [6, 6.07) is 12.1. The van der Waals surface area contributed by atoms with Crippen molar-refractivity contribution in [2.24, 2.45) is 0 Å². The molecule has 0 fully saturated rings. The van der Waals surface area contributed by atoms with Crippen LogP contribution < -0.4 is 0 Å². The summed E-state index contributed by atoms with van der Waals surface area (Å²) in [5.74, 6) is 0.106. The predicted octanol–water partition coefficient (Wildman–Crippen LogP) is 3.48. The summed E-state index contributed by atoms with van der Waals surface area (Å²) in [4.78, 5) is 17.8. The molecule has 1 aromatic heterocycles. The van der Waals surface area contributed by atoms with Crippen LogP contribution in [0.1, 0.15) is 41.4 Å². The van der Waals surface area contributed by atoms with Crippen molar-refractivity contribution in [1.82, 2.24) is 9.88 Å². The molecular weight excluding hydrogens is 248 g/mol. The van der Waals surface area contributed by atoms with Gasteiger partial charge in [-0.2, -0.15) is 0 Å². The molecule has 2 aromatic rings. The Hall–Kier alpha value is -2.00. The summed E-state index contributed by atoms with van der Waals surface area (Å²) in [5, 5.41) is 0. The van der Waals surface area contributed by atoms with Gasteiger partial charge in [-0.1, -0.05) is 24.3 Å². The second-order valence-electron chi connectivity index (χ2n) is 5.13. The number of benzene rings is 1. The van der Waals surface area contributed by atoms with E-state index in [4.69, 9.17) is 0 Å². The first-order chi connectivity index (χ1) is 9.58. The molecule has 0 saturated heterocycles. The fourth-order valence-electron chi connectivity index (χ4n) is 2.19. The molecule has 0 aliphatic rings. The molecule has 0 unspecified atom stereocenters. The van der Waals surface area contributed by atoms with Crippen LogP contribution >= 0.6 is 0 Å². The Balaban J connectivity index is 2.09. The molecule has 0 aliphatic carbocycles. The van der Waals surface area contributed by atoms with Gasteiger partial charge in [0.1, 0.15) is 0 Å². The van der Waals surface area contributed by atoms with Gasteiger partial charge in [-0.15, -0.1) is 0 Å². The van der Waals surface area contributed by atoms with Crippen molar-refractivity contribution in [1.29, 1.82) is 0 Å². The summed E-state index contributed by atoms with van der Waals surface area (Å²) in [6.45, 7) is 4.56. The van der Waals surface area contributed by atoms with E-state index in [1.807, 2.05) is 30.5 Å². The molecule has 1 heterocycles. The third kappa shape index (κ3) is 3.52. The first kappa shape index (κ1) is 14.4. The highest BCUT2D eigenvalue weighted by atomic mass is 16.1. The number of carbonyl (C=O) groups is 1. The number of pyridine rings is 1. The van der Waals surface area contributed by atoms with E-state index < -0.39 is 0 Å². The third-order valence-electron chi connectivity index (χ3n) is 3.59. The molecule has 0 bridgehead atoms. The number of hydrogen-bond acceptors (Lipinski definition) is 3. The molecule has 1 aromatic carbocycles. The van der Waals surface area contributed by atoms with Gasteiger partial charge in [0.15, 0.2) is 5.78 Å². The summed E-state index contributed by atoms with van der Waals surface area (Å²) in [5.41, 5.74) is 3.11. The van der Waals surface area contributed by atoms with Gasteiger partial charge in [-0.25, -0.2) is 0 Å². The van der Waals surface area contributed by atoms with Crippen LogP contribution in [0.15, 0.2) is 48.8 Å². The fourth-order valence-corrected chi connectivity index (χ4v) is 2.19. The lowest BCUT2D eigenvalue weighted by Gasteiger charge is -2.25. The molecule has 0 aliphatic heterocycles. The molecule has 0 N–H and O–H groups in total. The minimum absolute atomic E-state index is 0.106. The highest BCUT2D eigenvalue weighted by Gasteiger charge is 2.12. The number of nitrogens with zero attached hydrogens (tertiary/aromatic N) is 2. The van der Waals surface area contributed by atoms with Crippen molar-refractivity contribution in [2.45, 2.75) is 26.4 Å². The van der Waals surface area contributed by atoms with Crippen molar-refractivity contribution in [2.75, 3.05) is 7.05 Å². The zero-order chi connectivity index (χ0) is 14.5. The molecule has 3 heteroatoms. The number of hydrogen-bond donors (Lipinski definition) is 0. The van der Waals surface area contributed by atoms with Gasteiger partial charge in [-0.3, -0.25) is 14.7 Å². The lowest BCUT2D eigenvalue weighted by Crippen LogP contribution is -2.22. The van der Waals surface area contributed by atoms with Crippen molar-refractivity contribution in [3.63, 3.8) is 0 Å². The largest absolute Gasteiger partial charge is 0.295 e. The molecule has 0 amide bonds. The fraction of sp³-hybridized carbons (Fsp3) is 0.294. The highest BCUT2D eigenvalue weighted by Crippen LogP contribution is 2.20. The van der Waals surface area contributed by atoms with Gasteiger partial charge >= 0.3 is 0 Å². The van der Waals surface area contributed by atoms with Crippen LogP contribution in [0.3, 0.4) is 0 Å². The second-order valence-corrected chi connectivity index (χ2v) is 5.13. The highest BCUT2D eigenvalue weighted by molar-refractivity contribution is 5.94. The molecule has 20 heavy (non-hydrogen) atoms. The topological polar surface area (TPSA) is 33.2 Å². The van der Waals surface area contributed by atoms with Crippen LogP contribution in [0.5, 0.6) is 0 Å². The zero-order valence-electron chi connectivity index (χ0n) is 12.2. The van der Waals surface area contributed by atoms with Crippen LogP contribution in [0, 0.1) is 0 Å². The van der Waals surface area contributed by atoms with Crippen molar-refractivity contribution < 1.29 is 4.79 Å². The quantitative estimate of drug-likeness (QED) is 0.778. The summed E-state index contributed by atoms with van der Waals surface area (Å²) in [7, 11) is 2.08. The maximum atomic E-state index is 11.4. The van der Waals surface area contributed by atoms with E-state index in [9.17, 15) is 4.79 Å². The molecule has 0 radical (unpaired) electrons.